The summed E-state index contributed by atoms with van der Waals surface area (Å²) in [4.78, 5) is 31.1. The molecule has 0 radical (unpaired) electrons. The van der Waals surface area contributed by atoms with Crippen molar-refractivity contribution in [1.82, 2.24) is 9.88 Å². The van der Waals surface area contributed by atoms with Crippen molar-refractivity contribution in [2.24, 2.45) is 0 Å². The van der Waals surface area contributed by atoms with Gasteiger partial charge in [0.1, 0.15) is 11.4 Å². The van der Waals surface area contributed by atoms with E-state index in [9.17, 15) is 9.59 Å². The summed E-state index contributed by atoms with van der Waals surface area (Å²) in [5, 5.41) is 2.83. The van der Waals surface area contributed by atoms with Crippen LogP contribution in [-0.2, 0) is 6.54 Å². The smallest absolute Gasteiger partial charge is 0.274 e. The molecule has 0 saturated heterocycles. The molecule has 1 heterocycles. The van der Waals surface area contributed by atoms with Gasteiger partial charge < -0.3 is 10.2 Å². The summed E-state index contributed by atoms with van der Waals surface area (Å²) in [5.74, 6) is -0.149. The van der Waals surface area contributed by atoms with Gasteiger partial charge in [-0.1, -0.05) is 62.4 Å². The third kappa shape index (κ3) is 5.29. The van der Waals surface area contributed by atoms with Gasteiger partial charge in [-0.25, -0.2) is 4.98 Å². The number of rotatable bonds is 6. The largest absolute Gasteiger partial charge is 0.336 e. The van der Waals surface area contributed by atoms with Crippen molar-refractivity contribution in [2.75, 3.05) is 12.4 Å². The Morgan fingerprint density at radius 3 is 2.21 bits per heavy atom. The molecule has 0 aliphatic rings. The number of aromatic nitrogens is 1. The summed E-state index contributed by atoms with van der Waals surface area (Å²) in [6, 6.07) is 22.4. The summed E-state index contributed by atoms with van der Waals surface area (Å²) in [6.45, 7) is 4.71. The maximum Gasteiger partial charge on any atom is 0.274 e. The predicted octanol–water partition coefficient (Wildman–Crippen LogP) is 4.73. The molecule has 2 amide bonds. The minimum atomic E-state index is -0.345. The first-order valence-electron chi connectivity index (χ1n) is 9.62. The van der Waals surface area contributed by atoms with E-state index in [1.165, 1.54) is 5.56 Å². The molecule has 0 spiro atoms. The normalized spacial score (nSPS) is 10.6. The van der Waals surface area contributed by atoms with Crippen LogP contribution in [0.25, 0.3) is 0 Å². The van der Waals surface area contributed by atoms with Crippen LogP contribution in [0.5, 0.6) is 0 Å². The van der Waals surface area contributed by atoms with Gasteiger partial charge >= 0.3 is 0 Å². The zero-order chi connectivity index (χ0) is 20.8. The van der Waals surface area contributed by atoms with Crippen LogP contribution in [0.2, 0.25) is 0 Å². The lowest BCUT2D eigenvalue weighted by atomic mass is 10.0. The van der Waals surface area contributed by atoms with Crippen LogP contribution in [0, 0.1) is 0 Å². The van der Waals surface area contributed by atoms with Gasteiger partial charge in [0.15, 0.2) is 0 Å². The maximum absolute atomic E-state index is 12.7. The van der Waals surface area contributed by atoms with Gasteiger partial charge in [0.25, 0.3) is 11.8 Å². The van der Waals surface area contributed by atoms with E-state index >= 15 is 0 Å². The number of benzene rings is 2. The molecule has 3 rings (SSSR count). The highest BCUT2D eigenvalue weighted by atomic mass is 16.2. The van der Waals surface area contributed by atoms with Crippen molar-refractivity contribution >= 4 is 17.5 Å². The molecule has 2 aromatic carbocycles. The molecule has 0 aliphatic heterocycles. The van der Waals surface area contributed by atoms with Crippen molar-refractivity contribution in [3.8, 4) is 0 Å². The van der Waals surface area contributed by atoms with E-state index in [0.29, 0.717) is 18.2 Å². The number of amides is 2. The number of carbonyl (C=O) groups excluding carboxylic acids is 2. The van der Waals surface area contributed by atoms with E-state index < -0.39 is 0 Å². The summed E-state index contributed by atoms with van der Waals surface area (Å²) in [6.07, 6.45) is 0. The fourth-order valence-electron chi connectivity index (χ4n) is 2.95. The Balaban J connectivity index is 1.69. The summed E-state index contributed by atoms with van der Waals surface area (Å²) in [5.41, 5.74) is 3.37. The summed E-state index contributed by atoms with van der Waals surface area (Å²) >= 11 is 0. The van der Waals surface area contributed by atoms with Crippen molar-refractivity contribution in [3.05, 3.63) is 95.3 Å². The number of pyridine rings is 1. The van der Waals surface area contributed by atoms with Crippen LogP contribution in [0.4, 0.5) is 5.69 Å². The zero-order valence-corrected chi connectivity index (χ0v) is 16.9. The molecule has 148 valence electrons. The molecule has 0 fully saturated rings. The second kappa shape index (κ2) is 9.15. The first-order chi connectivity index (χ1) is 13.9. The van der Waals surface area contributed by atoms with E-state index in [-0.39, 0.29) is 23.2 Å². The minimum Gasteiger partial charge on any atom is -0.336 e. The topological polar surface area (TPSA) is 62.3 Å². The van der Waals surface area contributed by atoms with Crippen molar-refractivity contribution in [3.63, 3.8) is 0 Å². The van der Waals surface area contributed by atoms with Crippen LogP contribution in [0.3, 0.4) is 0 Å². The second-order valence-corrected chi connectivity index (χ2v) is 7.29. The van der Waals surface area contributed by atoms with E-state index in [2.05, 4.69) is 24.1 Å². The lowest BCUT2D eigenvalue weighted by Crippen LogP contribution is -2.27. The number of nitrogens with one attached hydrogen (secondary N) is 1. The fourth-order valence-corrected chi connectivity index (χ4v) is 2.95. The lowest BCUT2D eigenvalue weighted by Gasteiger charge is -2.17. The molecular weight excluding hydrogens is 362 g/mol. The average Bonchev–Trinajstić information content (AvgIpc) is 2.74. The molecule has 0 unspecified atom stereocenters. The molecule has 1 aromatic heterocycles. The number of nitrogens with zero attached hydrogens (tertiary/aromatic N) is 2. The highest BCUT2D eigenvalue weighted by Gasteiger charge is 2.16. The zero-order valence-electron chi connectivity index (χ0n) is 16.9. The second-order valence-electron chi connectivity index (χ2n) is 7.29. The number of hydrogen-bond donors (Lipinski definition) is 1. The van der Waals surface area contributed by atoms with E-state index in [0.717, 1.165) is 5.56 Å². The maximum atomic E-state index is 12.7. The Morgan fingerprint density at radius 2 is 1.55 bits per heavy atom. The molecule has 5 heteroatoms. The Morgan fingerprint density at radius 1 is 0.897 bits per heavy atom. The van der Waals surface area contributed by atoms with Crippen LogP contribution in [0.1, 0.15) is 51.9 Å². The first kappa shape index (κ1) is 20.3. The highest BCUT2D eigenvalue weighted by Crippen LogP contribution is 2.17. The third-order valence-corrected chi connectivity index (χ3v) is 4.65. The van der Waals surface area contributed by atoms with E-state index in [4.69, 9.17) is 0 Å². The minimum absolute atomic E-state index is 0.205. The molecule has 0 saturated carbocycles. The molecule has 0 aliphatic carbocycles. The molecule has 29 heavy (non-hydrogen) atoms. The molecule has 1 N–H and O–H groups in total. The van der Waals surface area contributed by atoms with Gasteiger partial charge in [0, 0.05) is 19.3 Å². The van der Waals surface area contributed by atoms with Crippen molar-refractivity contribution in [1.29, 1.82) is 0 Å². The monoisotopic (exact) mass is 387 g/mol. The predicted molar refractivity (Wildman–Crippen MR) is 115 cm³/mol. The van der Waals surface area contributed by atoms with Gasteiger partial charge in [-0.15, -0.1) is 0 Å². The molecule has 5 nitrogen and oxygen atoms in total. The quantitative estimate of drug-likeness (QED) is 0.665. The van der Waals surface area contributed by atoms with Gasteiger partial charge in [-0.2, -0.15) is 0 Å². The van der Waals surface area contributed by atoms with Crippen LogP contribution < -0.4 is 5.32 Å². The fraction of sp³-hybridized carbons (Fsp3) is 0.208. The summed E-state index contributed by atoms with van der Waals surface area (Å²) < 4.78 is 0. The van der Waals surface area contributed by atoms with Crippen LogP contribution >= 0.6 is 0 Å². The lowest BCUT2D eigenvalue weighted by molar-refractivity contribution is 0.0779. The van der Waals surface area contributed by atoms with E-state index in [1.807, 2.05) is 54.6 Å². The third-order valence-electron chi connectivity index (χ3n) is 4.65. The van der Waals surface area contributed by atoms with Gasteiger partial charge in [0.05, 0.1) is 0 Å². The number of carbonyl (C=O) groups is 2. The molecular formula is C24H25N3O2. The summed E-state index contributed by atoms with van der Waals surface area (Å²) in [7, 11) is 1.72. The average molecular weight is 387 g/mol. The van der Waals surface area contributed by atoms with Gasteiger partial charge in [0.2, 0.25) is 0 Å². The van der Waals surface area contributed by atoms with Gasteiger partial charge in [-0.05, 0) is 41.3 Å². The number of hydrogen-bond acceptors (Lipinski definition) is 3. The Bertz CT molecular complexity index is 983. The Hall–Kier alpha value is -3.47. The molecule has 0 bridgehead atoms. The SMILES string of the molecule is CC(C)c1ccc(NC(=O)c2cccc(C(=O)N(C)Cc3ccccc3)n2)cc1. The van der Waals surface area contributed by atoms with Crippen molar-refractivity contribution < 1.29 is 9.59 Å². The van der Waals surface area contributed by atoms with Crippen molar-refractivity contribution in [2.45, 2.75) is 26.3 Å². The van der Waals surface area contributed by atoms with Crippen LogP contribution in [0.15, 0.2) is 72.8 Å². The van der Waals surface area contributed by atoms with E-state index in [1.54, 1.807) is 30.1 Å². The highest BCUT2D eigenvalue weighted by molar-refractivity contribution is 6.03. The Kier molecular flexibility index (Phi) is 6.39. The number of anilines is 1. The molecule has 0 atom stereocenters. The Labute approximate surface area is 171 Å². The standard InChI is InChI=1S/C24H25N3O2/c1-17(2)19-12-14-20(15-13-19)25-23(28)21-10-7-11-22(26-21)24(29)27(3)16-18-8-5-4-6-9-18/h4-15,17H,16H2,1-3H3,(H,25,28). The first-order valence-corrected chi connectivity index (χ1v) is 9.62. The van der Waals surface area contributed by atoms with Gasteiger partial charge in [-0.3, -0.25) is 9.59 Å². The molecule has 3 aromatic rings. The van der Waals surface area contributed by atoms with Crippen LogP contribution in [-0.4, -0.2) is 28.7 Å².